The van der Waals surface area contributed by atoms with Gasteiger partial charge in [0.25, 0.3) is 11.6 Å². The van der Waals surface area contributed by atoms with Gasteiger partial charge in [0.15, 0.2) is 0 Å². The van der Waals surface area contributed by atoms with Crippen molar-refractivity contribution in [2.75, 3.05) is 5.01 Å². The van der Waals surface area contributed by atoms with Gasteiger partial charge in [0, 0.05) is 17.7 Å². The lowest BCUT2D eigenvalue weighted by molar-refractivity contribution is -0.384. The number of carbonyl (C=O) groups is 1. The topological polar surface area (TPSA) is 88.7 Å². The van der Waals surface area contributed by atoms with E-state index in [9.17, 15) is 23.7 Å². The molecule has 0 saturated heterocycles. The van der Waals surface area contributed by atoms with Crippen LogP contribution in [-0.4, -0.2) is 22.0 Å². The second kappa shape index (κ2) is 8.36. The molecule has 4 rings (SSSR count). The monoisotopic (exact) mass is 438 g/mol. The van der Waals surface area contributed by atoms with Crippen LogP contribution < -0.4 is 5.01 Å². The normalized spacial score (nSPS) is 11.2. The van der Waals surface area contributed by atoms with Crippen molar-refractivity contribution in [3.63, 3.8) is 0 Å². The van der Waals surface area contributed by atoms with E-state index in [1.165, 1.54) is 72.9 Å². The number of thiazole rings is 1. The fourth-order valence-electron chi connectivity index (χ4n) is 2.69. The van der Waals surface area contributed by atoms with Crippen LogP contribution in [0.2, 0.25) is 0 Å². The number of halogens is 2. The Kier molecular flexibility index (Phi) is 5.46. The van der Waals surface area contributed by atoms with Crippen LogP contribution in [0.1, 0.15) is 15.9 Å². The fourth-order valence-corrected chi connectivity index (χ4v) is 3.63. The number of nitrogens with zero attached hydrogens (tertiary/aromatic N) is 4. The molecule has 7 nitrogen and oxygen atoms in total. The van der Waals surface area contributed by atoms with Gasteiger partial charge in [0.1, 0.15) is 11.6 Å². The Morgan fingerprint density at radius 1 is 1.03 bits per heavy atom. The van der Waals surface area contributed by atoms with Gasteiger partial charge in [-0.15, -0.1) is 0 Å². The summed E-state index contributed by atoms with van der Waals surface area (Å²) >= 11 is 1.06. The van der Waals surface area contributed by atoms with Gasteiger partial charge in [-0.3, -0.25) is 14.9 Å². The van der Waals surface area contributed by atoms with E-state index >= 15 is 0 Å². The van der Waals surface area contributed by atoms with Crippen molar-refractivity contribution in [1.82, 2.24) is 4.98 Å². The van der Waals surface area contributed by atoms with E-state index in [0.29, 0.717) is 15.8 Å². The lowest BCUT2D eigenvalue weighted by Crippen LogP contribution is -2.25. The maximum absolute atomic E-state index is 13.6. The standard InChI is InChI=1S/C21H12F2N4O3S/c22-15-5-1-13(2-6-15)12-24-26(20(28)14-3-8-17(9-4-14)27(29)30)21-25-18-10-7-16(23)11-19(18)31-21/h1-12H/b24-12+. The number of benzene rings is 3. The Balaban J connectivity index is 1.74. The highest BCUT2D eigenvalue weighted by Crippen LogP contribution is 2.30. The summed E-state index contributed by atoms with van der Waals surface area (Å²) in [5.74, 6) is -1.44. The molecule has 0 aliphatic rings. The molecular weight excluding hydrogens is 426 g/mol. The molecule has 1 aromatic heterocycles. The van der Waals surface area contributed by atoms with Crippen molar-refractivity contribution >= 4 is 44.5 Å². The molecule has 0 N–H and O–H groups in total. The molecule has 154 valence electrons. The van der Waals surface area contributed by atoms with Crippen molar-refractivity contribution in [2.24, 2.45) is 5.10 Å². The first kappa shape index (κ1) is 20.2. The molecular formula is C21H12F2N4O3S. The van der Waals surface area contributed by atoms with E-state index < -0.39 is 22.5 Å². The molecule has 1 amide bonds. The maximum Gasteiger partial charge on any atom is 0.280 e. The van der Waals surface area contributed by atoms with Crippen molar-refractivity contribution in [3.05, 3.63) is 99.6 Å². The van der Waals surface area contributed by atoms with Crippen LogP contribution in [0.3, 0.4) is 0 Å². The lowest BCUT2D eigenvalue weighted by atomic mass is 10.2. The van der Waals surface area contributed by atoms with Gasteiger partial charge in [0.05, 0.1) is 21.4 Å². The van der Waals surface area contributed by atoms with Crippen LogP contribution >= 0.6 is 11.3 Å². The Hall–Kier alpha value is -4.05. The van der Waals surface area contributed by atoms with Gasteiger partial charge in [-0.2, -0.15) is 10.1 Å². The Morgan fingerprint density at radius 3 is 2.39 bits per heavy atom. The number of carbonyl (C=O) groups excluding carboxylic acids is 1. The van der Waals surface area contributed by atoms with E-state index in [0.717, 1.165) is 16.3 Å². The third kappa shape index (κ3) is 4.43. The first-order valence-electron chi connectivity index (χ1n) is 8.85. The summed E-state index contributed by atoms with van der Waals surface area (Å²) in [5, 5.41) is 16.3. The summed E-state index contributed by atoms with van der Waals surface area (Å²) in [6, 6.07) is 14.6. The largest absolute Gasteiger partial charge is 0.280 e. The first-order valence-corrected chi connectivity index (χ1v) is 9.67. The molecule has 1 heterocycles. The number of rotatable bonds is 5. The minimum absolute atomic E-state index is 0.146. The first-order chi connectivity index (χ1) is 14.9. The molecule has 4 aromatic rings. The molecule has 0 aliphatic heterocycles. The predicted octanol–water partition coefficient (Wildman–Crippen LogP) is 5.16. The fraction of sp³-hybridized carbons (Fsp3) is 0. The summed E-state index contributed by atoms with van der Waals surface area (Å²) < 4.78 is 27.2. The third-order valence-corrected chi connectivity index (χ3v) is 5.22. The van der Waals surface area contributed by atoms with Gasteiger partial charge in [-0.1, -0.05) is 23.5 Å². The molecule has 0 aliphatic carbocycles. The molecule has 0 bridgehead atoms. The molecule has 0 saturated carbocycles. The molecule has 0 fully saturated rings. The zero-order chi connectivity index (χ0) is 22.0. The quantitative estimate of drug-likeness (QED) is 0.244. The second-order valence-corrected chi connectivity index (χ2v) is 7.33. The average Bonchev–Trinajstić information content (AvgIpc) is 3.17. The molecule has 10 heteroatoms. The predicted molar refractivity (Wildman–Crippen MR) is 113 cm³/mol. The van der Waals surface area contributed by atoms with Crippen LogP contribution in [0.15, 0.2) is 71.8 Å². The Morgan fingerprint density at radius 2 is 1.71 bits per heavy atom. The number of hydrogen-bond donors (Lipinski definition) is 0. The summed E-state index contributed by atoms with van der Waals surface area (Å²) in [5.41, 5.74) is 1.01. The zero-order valence-corrected chi connectivity index (χ0v) is 16.4. The number of aromatic nitrogens is 1. The average molecular weight is 438 g/mol. The van der Waals surface area contributed by atoms with Crippen LogP contribution in [-0.2, 0) is 0 Å². The van der Waals surface area contributed by atoms with Gasteiger partial charge >= 0.3 is 0 Å². The highest BCUT2D eigenvalue weighted by molar-refractivity contribution is 7.22. The van der Waals surface area contributed by atoms with Crippen molar-refractivity contribution in [3.8, 4) is 0 Å². The van der Waals surface area contributed by atoms with Crippen molar-refractivity contribution in [1.29, 1.82) is 0 Å². The summed E-state index contributed by atoms with van der Waals surface area (Å²) in [6.07, 6.45) is 1.36. The molecule has 31 heavy (non-hydrogen) atoms. The van der Waals surface area contributed by atoms with Crippen molar-refractivity contribution in [2.45, 2.75) is 0 Å². The van der Waals surface area contributed by atoms with E-state index in [4.69, 9.17) is 0 Å². The molecule has 3 aromatic carbocycles. The van der Waals surface area contributed by atoms with Gasteiger partial charge in [-0.05, 0) is 48.0 Å². The molecule has 0 radical (unpaired) electrons. The van der Waals surface area contributed by atoms with E-state index in [2.05, 4.69) is 10.1 Å². The summed E-state index contributed by atoms with van der Waals surface area (Å²) in [4.78, 5) is 27.8. The summed E-state index contributed by atoms with van der Waals surface area (Å²) in [6.45, 7) is 0. The van der Waals surface area contributed by atoms with Gasteiger partial charge < -0.3 is 0 Å². The number of fused-ring (bicyclic) bond motifs is 1. The van der Waals surface area contributed by atoms with Crippen LogP contribution in [0.5, 0.6) is 0 Å². The highest BCUT2D eigenvalue weighted by atomic mass is 32.1. The number of nitro groups is 1. The van der Waals surface area contributed by atoms with E-state index in [1.54, 1.807) is 0 Å². The summed E-state index contributed by atoms with van der Waals surface area (Å²) in [7, 11) is 0. The maximum atomic E-state index is 13.6. The number of hydrazone groups is 1. The third-order valence-electron chi connectivity index (χ3n) is 4.23. The van der Waals surface area contributed by atoms with Crippen LogP contribution in [0, 0.1) is 21.7 Å². The number of hydrogen-bond acceptors (Lipinski definition) is 6. The minimum atomic E-state index is -0.590. The number of non-ortho nitro benzene ring substituents is 1. The second-order valence-electron chi connectivity index (χ2n) is 6.33. The number of anilines is 1. The van der Waals surface area contributed by atoms with Crippen molar-refractivity contribution < 1.29 is 18.5 Å². The van der Waals surface area contributed by atoms with Gasteiger partial charge in [-0.25, -0.2) is 13.8 Å². The van der Waals surface area contributed by atoms with Crippen LogP contribution in [0.4, 0.5) is 19.6 Å². The molecule has 0 unspecified atom stereocenters. The Bertz CT molecular complexity index is 1300. The zero-order valence-electron chi connectivity index (χ0n) is 15.6. The van der Waals surface area contributed by atoms with Crippen LogP contribution in [0.25, 0.3) is 10.2 Å². The smallest absolute Gasteiger partial charge is 0.267 e. The van der Waals surface area contributed by atoms with E-state index in [-0.39, 0.29) is 16.4 Å². The highest BCUT2D eigenvalue weighted by Gasteiger charge is 2.22. The Labute approximate surface area is 178 Å². The number of amides is 1. The lowest BCUT2D eigenvalue weighted by Gasteiger charge is -2.13. The number of nitro benzene ring substituents is 1. The van der Waals surface area contributed by atoms with E-state index in [1.807, 2.05) is 0 Å². The van der Waals surface area contributed by atoms with Gasteiger partial charge in [0.2, 0.25) is 5.13 Å². The molecule has 0 atom stereocenters. The minimum Gasteiger partial charge on any atom is -0.267 e. The SMILES string of the molecule is O=C(c1ccc([N+](=O)[O-])cc1)N(/N=C/c1ccc(F)cc1)c1nc2ccc(F)cc2s1. The molecule has 0 spiro atoms.